The third-order valence-electron chi connectivity index (χ3n) is 2.77. The van der Waals surface area contributed by atoms with Crippen molar-refractivity contribution >= 4 is 17.5 Å². The van der Waals surface area contributed by atoms with Crippen LogP contribution in [0, 0.1) is 0 Å². The van der Waals surface area contributed by atoms with Crippen LogP contribution in [0.3, 0.4) is 0 Å². The van der Waals surface area contributed by atoms with Crippen molar-refractivity contribution in [2.45, 2.75) is 13.0 Å². The van der Waals surface area contributed by atoms with Crippen LogP contribution in [0.25, 0.3) is 0 Å². The maximum Gasteiger partial charge on any atom is 0.273 e. The Labute approximate surface area is 98.8 Å². The van der Waals surface area contributed by atoms with Crippen LogP contribution < -0.4 is 11.1 Å². The van der Waals surface area contributed by atoms with Gasteiger partial charge < -0.3 is 16.0 Å². The summed E-state index contributed by atoms with van der Waals surface area (Å²) in [7, 11) is 0. The number of carbonyl (C=O) groups is 2. The number of nitrogens with zero attached hydrogens (tertiary/aromatic N) is 2. The van der Waals surface area contributed by atoms with Gasteiger partial charge >= 0.3 is 0 Å². The number of anilines is 1. The quantitative estimate of drug-likeness (QED) is 0.693. The number of rotatable bonds is 1. The molecule has 0 saturated carbocycles. The van der Waals surface area contributed by atoms with E-state index < -0.39 is 6.04 Å². The molecule has 0 aromatic carbocycles. The fourth-order valence-electron chi connectivity index (χ4n) is 1.74. The number of piperazine rings is 1. The lowest BCUT2D eigenvalue weighted by molar-refractivity contribution is -0.127. The van der Waals surface area contributed by atoms with Gasteiger partial charge in [0.15, 0.2) is 0 Å². The molecule has 6 heteroatoms. The maximum absolute atomic E-state index is 12.1. The molecule has 2 amide bonds. The molecule has 17 heavy (non-hydrogen) atoms. The number of amides is 2. The highest BCUT2D eigenvalue weighted by molar-refractivity contribution is 5.96. The van der Waals surface area contributed by atoms with Crippen molar-refractivity contribution < 1.29 is 9.59 Å². The second-order valence-electron chi connectivity index (χ2n) is 3.94. The van der Waals surface area contributed by atoms with Crippen molar-refractivity contribution in [2.24, 2.45) is 0 Å². The fraction of sp³-hybridized carbons (Fsp3) is 0.364. The van der Waals surface area contributed by atoms with Gasteiger partial charge in [0.05, 0.1) is 11.9 Å². The molecule has 2 heterocycles. The smallest absolute Gasteiger partial charge is 0.273 e. The van der Waals surface area contributed by atoms with Crippen LogP contribution >= 0.6 is 0 Å². The number of pyridine rings is 1. The number of aromatic nitrogens is 1. The lowest BCUT2D eigenvalue weighted by atomic mass is 10.2. The molecule has 0 spiro atoms. The monoisotopic (exact) mass is 234 g/mol. The first-order chi connectivity index (χ1) is 8.09. The summed E-state index contributed by atoms with van der Waals surface area (Å²) < 4.78 is 0. The minimum atomic E-state index is -0.462. The lowest BCUT2D eigenvalue weighted by Gasteiger charge is -2.32. The van der Waals surface area contributed by atoms with E-state index in [1.807, 2.05) is 0 Å². The highest BCUT2D eigenvalue weighted by Gasteiger charge is 2.30. The van der Waals surface area contributed by atoms with E-state index >= 15 is 0 Å². The first-order valence-electron chi connectivity index (χ1n) is 5.40. The predicted molar refractivity (Wildman–Crippen MR) is 62.2 cm³/mol. The van der Waals surface area contributed by atoms with Crippen LogP contribution in [0.1, 0.15) is 17.4 Å². The van der Waals surface area contributed by atoms with E-state index in [1.54, 1.807) is 19.1 Å². The summed E-state index contributed by atoms with van der Waals surface area (Å²) in [5.74, 6) is -0.382. The highest BCUT2D eigenvalue weighted by atomic mass is 16.2. The van der Waals surface area contributed by atoms with Crippen molar-refractivity contribution in [3.8, 4) is 0 Å². The van der Waals surface area contributed by atoms with Crippen LogP contribution in [0.2, 0.25) is 0 Å². The van der Waals surface area contributed by atoms with Crippen molar-refractivity contribution in [3.05, 3.63) is 24.0 Å². The number of nitrogens with one attached hydrogen (secondary N) is 1. The van der Waals surface area contributed by atoms with Crippen LogP contribution in [-0.4, -0.2) is 40.8 Å². The molecule has 1 atom stereocenters. The molecule has 1 aromatic heterocycles. The van der Waals surface area contributed by atoms with E-state index in [-0.39, 0.29) is 11.8 Å². The van der Waals surface area contributed by atoms with Gasteiger partial charge in [0.2, 0.25) is 5.91 Å². The minimum Gasteiger partial charge on any atom is -0.397 e. The Balaban J connectivity index is 2.19. The summed E-state index contributed by atoms with van der Waals surface area (Å²) in [5.41, 5.74) is 6.31. The molecular weight excluding hydrogens is 220 g/mol. The second kappa shape index (κ2) is 4.40. The summed E-state index contributed by atoms with van der Waals surface area (Å²) in [6.07, 6.45) is 1.43. The van der Waals surface area contributed by atoms with Gasteiger partial charge in [-0.2, -0.15) is 0 Å². The topological polar surface area (TPSA) is 88.3 Å². The average Bonchev–Trinajstić information content (AvgIpc) is 2.33. The molecule has 1 unspecified atom stereocenters. The molecule has 1 aliphatic rings. The molecule has 0 radical (unpaired) electrons. The van der Waals surface area contributed by atoms with E-state index in [1.165, 1.54) is 11.1 Å². The van der Waals surface area contributed by atoms with E-state index in [9.17, 15) is 9.59 Å². The largest absolute Gasteiger partial charge is 0.397 e. The number of nitrogens with two attached hydrogens (primary N) is 1. The Kier molecular flexibility index (Phi) is 2.95. The SMILES string of the molecule is CC1C(=O)NCCN1C(=O)c1ccc(N)cn1. The van der Waals surface area contributed by atoms with Gasteiger partial charge in [-0.15, -0.1) is 0 Å². The molecule has 2 rings (SSSR count). The van der Waals surface area contributed by atoms with Crippen molar-refractivity contribution in [3.63, 3.8) is 0 Å². The molecule has 1 saturated heterocycles. The molecular formula is C11H14N4O2. The van der Waals surface area contributed by atoms with E-state index in [2.05, 4.69) is 10.3 Å². The fourth-order valence-corrected chi connectivity index (χ4v) is 1.74. The molecule has 0 aliphatic carbocycles. The standard InChI is InChI=1S/C11H14N4O2/c1-7-10(16)13-4-5-15(7)11(17)9-3-2-8(12)6-14-9/h2-3,6-7H,4-5,12H2,1H3,(H,13,16). The normalized spacial score (nSPS) is 19.9. The van der Waals surface area contributed by atoms with Crippen molar-refractivity contribution in [1.82, 2.24) is 15.2 Å². The van der Waals surface area contributed by atoms with Crippen molar-refractivity contribution in [1.29, 1.82) is 0 Å². The van der Waals surface area contributed by atoms with Crippen LogP contribution in [0.5, 0.6) is 0 Å². The maximum atomic E-state index is 12.1. The van der Waals surface area contributed by atoms with E-state index in [4.69, 9.17) is 5.73 Å². The molecule has 1 aliphatic heterocycles. The number of nitrogen functional groups attached to an aromatic ring is 1. The lowest BCUT2D eigenvalue weighted by Crippen LogP contribution is -2.55. The molecule has 1 fully saturated rings. The Morgan fingerprint density at radius 3 is 3.00 bits per heavy atom. The number of hydrogen-bond acceptors (Lipinski definition) is 4. The van der Waals surface area contributed by atoms with E-state index in [0.29, 0.717) is 24.5 Å². The minimum absolute atomic E-state index is 0.139. The first kappa shape index (κ1) is 11.4. The Morgan fingerprint density at radius 2 is 2.35 bits per heavy atom. The van der Waals surface area contributed by atoms with Gasteiger partial charge in [-0.1, -0.05) is 0 Å². The van der Waals surface area contributed by atoms with Crippen LogP contribution in [0.15, 0.2) is 18.3 Å². The van der Waals surface area contributed by atoms with Gasteiger partial charge in [0.1, 0.15) is 11.7 Å². The number of carbonyl (C=O) groups excluding carboxylic acids is 2. The summed E-state index contributed by atoms with van der Waals surface area (Å²) in [5, 5.41) is 2.70. The summed E-state index contributed by atoms with van der Waals surface area (Å²) in [6.45, 7) is 2.67. The van der Waals surface area contributed by atoms with Gasteiger partial charge in [-0.05, 0) is 19.1 Å². The zero-order valence-electron chi connectivity index (χ0n) is 9.51. The summed E-state index contributed by atoms with van der Waals surface area (Å²) in [6, 6.07) is 2.72. The first-order valence-corrected chi connectivity index (χ1v) is 5.40. The van der Waals surface area contributed by atoms with Gasteiger partial charge in [0.25, 0.3) is 5.91 Å². The van der Waals surface area contributed by atoms with Crippen LogP contribution in [-0.2, 0) is 4.79 Å². The Hall–Kier alpha value is -2.11. The summed E-state index contributed by atoms with van der Waals surface area (Å²) >= 11 is 0. The van der Waals surface area contributed by atoms with Crippen LogP contribution in [0.4, 0.5) is 5.69 Å². The van der Waals surface area contributed by atoms with Gasteiger partial charge in [-0.25, -0.2) is 4.98 Å². The number of hydrogen-bond donors (Lipinski definition) is 2. The second-order valence-corrected chi connectivity index (χ2v) is 3.94. The molecule has 6 nitrogen and oxygen atoms in total. The average molecular weight is 234 g/mol. The third-order valence-corrected chi connectivity index (χ3v) is 2.77. The zero-order chi connectivity index (χ0) is 12.4. The zero-order valence-corrected chi connectivity index (χ0v) is 9.51. The van der Waals surface area contributed by atoms with Gasteiger partial charge in [0, 0.05) is 13.1 Å². The molecule has 1 aromatic rings. The Bertz CT molecular complexity index is 443. The molecule has 0 bridgehead atoms. The highest BCUT2D eigenvalue weighted by Crippen LogP contribution is 2.10. The summed E-state index contributed by atoms with van der Waals surface area (Å²) in [4.78, 5) is 29.0. The predicted octanol–water partition coefficient (Wildman–Crippen LogP) is -0.376. The Morgan fingerprint density at radius 1 is 1.59 bits per heavy atom. The molecule has 90 valence electrons. The molecule has 3 N–H and O–H groups in total. The van der Waals surface area contributed by atoms with E-state index in [0.717, 1.165) is 0 Å². The van der Waals surface area contributed by atoms with Gasteiger partial charge in [-0.3, -0.25) is 9.59 Å². The third kappa shape index (κ3) is 2.20. The van der Waals surface area contributed by atoms with Crippen molar-refractivity contribution in [2.75, 3.05) is 18.8 Å².